The molecule has 0 saturated heterocycles. The number of hydrogen-bond acceptors (Lipinski definition) is 4. The molecular weight excluding hydrogens is 433 g/mol. The summed E-state index contributed by atoms with van der Waals surface area (Å²) in [5.41, 5.74) is 0.915. The number of ether oxygens (including phenoxy) is 1. The maximum Gasteiger partial charge on any atom is 0.407 e. The highest BCUT2D eigenvalue weighted by Crippen LogP contribution is 2.32. The minimum atomic E-state index is -0.355. The minimum absolute atomic E-state index is 0. The first-order valence-corrected chi connectivity index (χ1v) is 8.58. The fraction of sp³-hybridized carbons (Fsp3) is 0.588. The van der Waals surface area contributed by atoms with Crippen molar-refractivity contribution in [3.05, 3.63) is 30.1 Å². The van der Waals surface area contributed by atoms with E-state index in [0.717, 1.165) is 31.0 Å². The Morgan fingerprint density at radius 3 is 2.76 bits per heavy atom. The van der Waals surface area contributed by atoms with Crippen LogP contribution < -0.4 is 16.0 Å². The van der Waals surface area contributed by atoms with Gasteiger partial charge in [-0.2, -0.15) is 0 Å². The molecule has 1 aromatic heterocycles. The molecule has 2 rings (SSSR count). The molecule has 7 nitrogen and oxygen atoms in total. The van der Waals surface area contributed by atoms with Crippen molar-refractivity contribution in [3.63, 3.8) is 0 Å². The lowest BCUT2D eigenvalue weighted by Crippen LogP contribution is -2.48. The van der Waals surface area contributed by atoms with Crippen molar-refractivity contribution in [3.8, 4) is 0 Å². The molecule has 1 aromatic rings. The molecule has 1 atom stereocenters. The van der Waals surface area contributed by atoms with Gasteiger partial charge in [0.2, 0.25) is 0 Å². The van der Waals surface area contributed by atoms with Crippen LogP contribution in [0.2, 0.25) is 0 Å². The lowest BCUT2D eigenvalue weighted by atomic mass is 10.2. The summed E-state index contributed by atoms with van der Waals surface area (Å²) < 4.78 is 4.98. The van der Waals surface area contributed by atoms with Crippen LogP contribution in [0.15, 0.2) is 29.4 Å². The van der Waals surface area contributed by atoms with Crippen molar-refractivity contribution < 1.29 is 9.53 Å². The van der Waals surface area contributed by atoms with Crippen LogP contribution in [-0.2, 0) is 11.3 Å². The Balaban J connectivity index is 0.00000312. The quantitative estimate of drug-likeness (QED) is 0.314. The van der Waals surface area contributed by atoms with Crippen molar-refractivity contribution in [2.75, 3.05) is 19.7 Å². The molecule has 1 amide bonds. The number of amides is 1. The van der Waals surface area contributed by atoms with Gasteiger partial charge in [-0.05, 0) is 44.7 Å². The Labute approximate surface area is 166 Å². The first kappa shape index (κ1) is 21.5. The molecule has 0 aromatic carbocycles. The number of rotatable bonds is 8. The van der Waals surface area contributed by atoms with Crippen LogP contribution in [0.3, 0.4) is 0 Å². The number of aromatic nitrogens is 1. The number of hydrogen-bond donors (Lipinski definition) is 3. The average molecular weight is 461 g/mol. The molecule has 3 N–H and O–H groups in total. The molecule has 0 radical (unpaired) electrons. The van der Waals surface area contributed by atoms with Gasteiger partial charge >= 0.3 is 6.09 Å². The SMILES string of the molecule is CCNC(=NCc1ccccn1)NCC(NC(=O)OCC)C1CC1.I. The Morgan fingerprint density at radius 2 is 2.16 bits per heavy atom. The average Bonchev–Trinajstić information content (AvgIpc) is 3.42. The zero-order chi connectivity index (χ0) is 17.2. The Kier molecular flexibility index (Phi) is 10.2. The first-order valence-electron chi connectivity index (χ1n) is 8.58. The summed E-state index contributed by atoms with van der Waals surface area (Å²) in [5, 5.41) is 9.45. The summed E-state index contributed by atoms with van der Waals surface area (Å²) in [6.07, 6.45) is 3.69. The number of carbonyl (C=O) groups is 1. The van der Waals surface area contributed by atoms with Gasteiger partial charge in [0.05, 0.1) is 24.9 Å². The van der Waals surface area contributed by atoms with Gasteiger partial charge in [-0.3, -0.25) is 4.98 Å². The van der Waals surface area contributed by atoms with Gasteiger partial charge < -0.3 is 20.7 Å². The minimum Gasteiger partial charge on any atom is -0.450 e. The smallest absolute Gasteiger partial charge is 0.407 e. The van der Waals surface area contributed by atoms with Crippen molar-refractivity contribution in [2.24, 2.45) is 10.9 Å². The summed E-state index contributed by atoms with van der Waals surface area (Å²) in [6.45, 7) is 6.11. The van der Waals surface area contributed by atoms with Gasteiger partial charge in [0.1, 0.15) is 0 Å². The van der Waals surface area contributed by atoms with E-state index in [1.807, 2.05) is 25.1 Å². The van der Waals surface area contributed by atoms with E-state index in [1.165, 1.54) is 0 Å². The molecule has 1 fully saturated rings. The number of nitrogens with one attached hydrogen (secondary N) is 3. The molecule has 0 spiro atoms. The Bertz CT molecular complexity index is 537. The molecule has 1 aliphatic carbocycles. The topological polar surface area (TPSA) is 87.6 Å². The van der Waals surface area contributed by atoms with Gasteiger partial charge in [0.15, 0.2) is 5.96 Å². The number of guanidine groups is 1. The van der Waals surface area contributed by atoms with Crippen LogP contribution in [0, 0.1) is 5.92 Å². The van der Waals surface area contributed by atoms with Crippen molar-refractivity contribution in [1.29, 1.82) is 0 Å². The molecular formula is C17H28IN5O2. The summed E-state index contributed by atoms with van der Waals surface area (Å²) in [5.74, 6) is 1.24. The summed E-state index contributed by atoms with van der Waals surface area (Å²) in [4.78, 5) is 20.5. The summed E-state index contributed by atoms with van der Waals surface area (Å²) in [6, 6.07) is 5.84. The van der Waals surface area contributed by atoms with Crippen molar-refractivity contribution >= 4 is 36.0 Å². The van der Waals surface area contributed by atoms with Crippen LogP contribution in [0.5, 0.6) is 0 Å². The second kappa shape index (κ2) is 11.9. The van der Waals surface area contributed by atoms with Crippen LogP contribution >= 0.6 is 24.0 Å². The summed E-state index contributed by atoms with van der Waals surface area (Å²) in [7, 11) is 0. The van der Waals surface area contributed by atoms with E-state index in [1.54, 1.807) is 13.1 Å². The van der Waals surface area contributed by atoms with Gasteiger partial charge in [-0.1, -0.05) is 6.07 Å². The first-order chi connectivity index (χ1) is 11.7. The van der Waals surface area contributed by atoms with Crippen LogP contribution in [-0.4, -0.2) is 42.8 Å². The number of pyridine rings is 1. The molecule has 1 saturated carbocycles. The molecule has 25 heavy (non-hydrogen) atoms. The number of nitrogens with zero attached hydrogens (tertiary/aromatic N) is 2. The lowest BCUT2D eigenvalue weighted by Gasteiger charge is -2.20. The highest BCUT2D eigenvalue weighted by atomic mass is 127. The highest BCUT2D eigenvalue weighted by Gasteiger charge is 2.32. The maximum atomic E-state index is 11.7. The number of carbonyl (C=O) groups excluding carboxylic acids is 1. The largest absolute Gasteiger partial charge is 0.450 e. The monoisotopic (exact) mass is 461 g/mol. The fourth-order valence-electron chi connectivity index (χ4n) is 2.36. The van der Waals surface area contributed by atoms with E-state index in [4.69, 9.17) is 4.74 Å². The predicted molar refractivity (Wildman–Crippen MR) is 109 cm³/mol. The molecule has 0 aliphatic heterocycles. The zero-order valence-electron chi connectivity index (χ0n) is 14.8. The zero-order valence-corrected chi connectivity index (χ0v) is 17.2. The number of aliphatic imine (C=N–C) groups is 1. The van der Waals surface area contributed by atoms with Crippen molar-refractivity contribution in [2.45, 2.75) is 39.3 Å². The van der Waals surface area contributed by atoms with E-state index in [-0.39, 0.29) is 36.1 Å². The third-order valence-electron chi connectivity index (χ3n) is 3.73. The predicted octanol–water partition coefficient (Wildman–Crippen LogP) is 2.28. The Morgan fingerprint density at radius 1 is 1.36 bits per heavy atom. The molecule has 140 valence electrons. The highest BCUT2D eigenvalue weighted by molar-refractivity contribution is 14.0. The van der Waals surface area contributed by atoms with Crippen molar-refractivity contribution in [1.82, 2.24) is 20.9 Å². The Hall–Kier alpha value is -1.58. The molecule has 8 heteroatoms. The van der Waals surface area contributed by atoms with Crippen LogP contribution in [0.1, 0.15) is 32.4 Å². The standard InChI is InChI=1S/C17H27N5O2.HI/c1-3-18-16(20-11-14-7-5-6-10-19-14)21-12-15(13-8-9-13)22-17(23)24-4-2;/h5-7,10,13,15H,3-4,8-9,11-12H2,1-2H3,(H,22,23)(H2,18,20,21);1H. The fourth-order valence-corrected chi connectivity index (χ4v) is 2.36. The number of alkyl carbamates (subject to hydrolysis) is 1. The molecule has 0 bridgehead atoms. The second-order valence-corrected chi connectivity index (χ2v) is 5.71. The summed E-state index contributed by atoms with van der Waals surface area (Å²) >= 11 is 0. The van der Waals surface area contributed by atoms with Gasteiger partial charge in [-0.25, -0.2) is 9.79 Å². The van der Waals surface area contributed by atoms with E-state index >= 15 is 0 Å². The van der Waals surface area contributed by atoms with Gasteiger partial charge in [-0.15, -0.1) is 24.0 Å². The van der Waals surface area contributed by atoms with Crippen LogP contribution in [0.4, 0.5) is 4.79 Å². The second-order valence-electron chi connectivity index (χ2n) is 5.71. The van der Waals surface area contributed by atoms with Crippen LogP contribution in [0.25, 0.3) is 0 Å². The lowest BCUT2D eigenvalue weighted by molar-refractivity contribution is 0.146. The van der Waals surface area contributed by atoms with E-state index in [2.05, 4.69) is 25.9 Å². The normalized spacial score (nSPS) is 14.9. The van der Waals surface area contributed by atoms with E-state index in [9.17, 15) is 4.79 Å². The van der Waals surface area contributed by atoms with E-state index in [0.29, 0.717) is 25.6 Å². The third kappa shape index (κ3) is 8.37. The van der Waals surface area contributed by atoms with Gasteiger partial charge in [0.25, 0.3) is 0 Å². The molecule has 1 aliphatic rings. The molecule has 1 heterocycles. The number of halogens is 1. The molecule has 1 unspecified atom stereocenters. The third-order valence-corrected chi connectivity index (χ3v) is 3.73. The van der Waals surface area contributed by atoms with Gasteiger partial charge in [0, 0.05) is 19.3 Å². The maximum absolute atomic E-state index is 11.7. The van der Waals surface area contributed by atoms with E-state index < -0.39 is 0 Å².